The molecule has 0 aliphatic heterocycles. The summed E-state index contributed by atoms with van der Waals surface area (Å²) >= 11 is 0. The molecule has 0 unspecified atom stereocenters. The Bertz CT molecular complexity index is 1020. The normalized spacial score (nSPS) is 10.8. The van der Waals surface area contributed by atoms with Gasteiger partial charge in [-0.15, -0.1) is 0 Å². The van der Waals surface area contributed by atoms with Crippen LogP contribution in [0.25, 0.3) is 16.9 Å². The molecule has 0 aliphatic carbocycles. The topological polar surface area (TPSA) is 125 Å². The van der Waals surface area contributed by atoms with Gasteiger partial charge in [-0.05, 0) is 12.1 Å². The second kappa shape index (κ2) is 6.27. The van der Waals surface area contributed by atoms with Crippen LogP contribution in [-0.4, -0.2) is 39.6 Å². The molecule has 9 heteroatoms. The molecule has 3 aromatic rings. The molecule has 2 aromatic heterocycles. The number of aryl methyl sites for hydroxylation is 1. The maximum absolute atomic E-state index is 12.6. The number of aromatic nitrogens is 4. The number of carbonyl (C=O) groups excluding carboxylic acids is 1. The van der Waals surface area contributed by atoms with Gasteiger partial charge in [-0.25, -0.2) is 19.3 Å². The Balaban J connectivity index is 2.43. The number of para-hydroxylation sites is 1. The summed E-state index contributed by atoms with van der Waals surface area (Å²) in [7, 11) is 2.98. The van der Waals surface area contributed by atoms with E-state index < -0.39 is 11.6 Å². The smallest absolute Gasteiger partial charge is 0.332 e. The lowest BCUT2D eigenvalue weighted by molar-refractivity contribution is 0.0996. The average Bonchev–Trinajstić information content (AvgIpc) is 2.95. The number of hydrogen-bond donors (Lipinski definition) is 2. The van der Waals surface area contributed by atoms with Crippen LogP contribution >= 0.6 is 0 Å². The number of imidazole rings is 1. The van der Waals surface area contributed by atoms with Crippen molar-refractivity contribution in [2.75, 3.05) is 14.2 Å². The van der Waals surface area contributed by atoms with E-state index in [2.05, 4.69) is 15.0 Å². The van der Waals surface area contributed by atoms with E-state index in [0.29, 0.717) is 29.4 Å². The first kappa shape index (κ1) is 16.5. The molecule has 25 heavy (non-hydrogen) atoms. The molecule has 0 saturated carbocycles. The number of benzene rings is 1. The van der Waals surface area contributed by atoms with Gasteiger partial charge in [-0.2, -0.15) is 0 Å². The summed E-state index contributed by atoms with van der Waals surface area (Å²) in [5.74, 6) is 0.482. The second-order valence-electron chi connectivity index (χ2n) is 5.18. The Morgan fingerprint density at radius 2 is 2.04 bits per heavy atom. The summed E-state index contributed by atoms with van der Waals surface area (Å²) in [6.07, 6.45) is 0.477. The average molecular weight is 343 g/mol. The number of carbonyl (C=O) groups is 1. The number of nitrogens with zero attached hydrogens (tertiary/aromatic N) is 3. The third-order valence-electron chi connectivity index (χ3n) is 3.76. The molecule has 130 valence electrons. The first-order chi connectivity index (χ1) is 12.0. The number of aromatic amines is 1. The van der Waals surface area contributed by atoms with Gasteiger partial charge in [-0.1, -0.05) is 13.0 Å². The van der Waals surface area contributed by atoms with Crippen LogP contribution in [0.4, 0.5) is 0 Å². The van der Waals surface area contributed by atoms with Gasteiger partial charge >= 0.3 is 5.69 Å². The summed E-state index contributed by atoms with van der Waals surface area (Å²) in [5.41, 5.74) is 5.73. The van der Waals surface area contributed by atoms with Gasteiger partial charge in [0.1, 0.15) is 11.3 Å². The lowest BCUT2D eigenvalue weighted by Gasteiger charge is -2.13. The van der Waals surface area contributed by atoms with Crippen molar-refractivity contribution in [2.45, 2.75) is 13.3 Å². The van der Waals surface area contributed by atoms with E-state index in [1.165, 1.54) is 18.8 Å². The fourth-order valence-corrected chi connectivity index (χ4v) is 2.64. The van der Waals surface area contributed by atoms with Crippen LogP contribution < -0.4 is 20.9 Å². The fraction of sp³-hybridized carbons (Fsp3) is 0.250. The molecular formula is C16H17N5O4. The van der Waals surface area contributed by atoms with Crippen molar-refractivity contribution in [2.24, 2.45) is 5.73 Å². The highest BCUT2D eigenvalue weighted by Crippen LogP contribution is 2.33. The molecule has 0 bridgehead atoms. The van der Waals surface area contributed by atoms with E-state index in [4.69, 9.17) is 15.2 Å². The Kier molecular flexibility index (Phi) is 4.14. The van der Waals surface area contributed by atoms with E-state index in [-0.39, 0.29) is 16.9 Å². The molecule has 9 nitrogen and oxygen atoms in total. The maximum Gasteiger partial charge on any atom is 0.332 e. The van der Waals surface area contributed by atoms with Gasteiger partial charge in [0.25, 0.3) is 5.91 Å². The van der Waals surface area contributed by atoms with E-state index in [1.54, 1.807) is 18.2 Å². The van der Waals surface area contributed by atoms with Crippen LogP contribution in [0.5, 0.6) is 11.5 Å². The molecule has 0 radical (unpaired) electrons. The fourth-order valence-electron chi connectivity index (χ4n) is 2.64. The number of hydrogen-bond acceptors (Lipinski definition) is 6. The molecule has 1 aromatic carbocycles. The summed E-state index contributed by atoms with van der Waals surface area (Å²) in [5, 5.41) is 0. The van der Waals surface area contributed by atoms with Crippen molar-refractivity contribution in [1.82, 2.24) is 19.5 Å². The largest absolute Gasteiger partial charge is 0.493 e. The molecule has 0 atom stereocenters. The SMILES string of the molecule is CCc1nc(C(N)=O)c2[nH]c(=O)n(-c3cccc(OC)c3OC)c2n1. The summed E-state index contributed by atoms with van der Waals surface area (Å²) < 4.78 is 12.0. The second-order valence-corrected chi connectivity index (χ2v) is 5.18. The van der Waals surface area contributed by atoms with Crippen molar-refractivity contribution in [3.05, 3.63) is 40.2 Å². The van der Waals surface area contributed by atoms with Gasteiger partial charge < -0.3 is 20.2 Å². The monoisotopic (exact) mass is 343 g/mol. The number of rotatable bonds is 5. The van der Waals surface area contributed by atoms with E-state index in [0.717, 1.165) is 0 Å². The lowest BCUT2D eigenvalue weighted by atomic mass is 10.2. The number of primary amides is 1. The third kappa shape index (κ3) is 2.59. The summed E-state index contributed by atoms with van der Waals surface area (Å²) in [4.78, 5) is 35.4. The van der Waals surface area contributed by atoms with Crippen LogP contribution in [0.15, 0.2) is 23.0 Å². The minimum atomic E-state index is -0.742. The molecule has 0 saturated heterocycles. The van der Waals surface area contributed by atoms with Crippen LogP contribution in [-0.2, 0) is 6.42 Å². The number of fused-ring (bicyclic) bond motifs is 1. The Morgan fingerprint density at radius 3 is 2.64 bits per heavy atom. The quantitative estimate of drug-likeness (QED) is 0.705. The molecule has 1 amide bonds. The van der Waals surface area contributed by atoms with E-state index >= 15 is 0 Å². The van der Waals surface area contributed by atoms with Crippen LogP contribution in [0.3, 0.4) is 0 Å². The highest BCUT2D eigenvalue weighted by molar-refractivity contribution is 6.01. The predicted molar refractivity (Wildman–Crippen MR) is 90.5 cm³/mol. The first-order valence-corrected chi connectivity index (χ1v) is 7.54. The predicted octanol–water partition coefficient (Wildman–Crippen LogP) is 0.787. The highest BCUT2D eigenvalue weighted by atomic mass is 16.5. The van der Waals surface area contributed by atoms with Gasteiger partial charge in [0.15, 0.2) is 22.8 Å². The van der Waals surface area contributed by atoms with Crippen molar-refractivity contribution in [3.8, 4) is 17.2 Å². The number of ether oxygens (including phenoxy) is 2. The van der Waals surface area contributed by atoms with E-state index in [9.17, 15) is 9.59 Å². The maximum atomic E-state index is 12.6. The molecule has 3 rings (SSSR count). The summed E-state index contributed by atoms with van der Waals surface area (Å²) in [6, 6.07) is 5.12. The zero-order valence-corrected chi connectivity index (χ0v) is 14.0. The number of nitrogens with one attached hydrogen (secondary N) is 1. The minimum absolute atomic E-state index is 0.0282. The standard InChI is InChI=1S/C16H17N5O4/c1-4-10-18-11(14(17)22)12-15(19-10)21(16(23)20-12)8-6-5-7-9(24-2)13(8)25-3/h5-7H,4H2,1-3H3,(H2,17,22)(H,20,23). The zero-order valence-electron chi connectivity index (χ0n) is 14.0. The molecule has 0 fully saturated rings. The van der Waals surface area contributed by atoms with Gasteiger partial charge in [0, 0.05) is 6.42 Å². The zero-order chi connectivity index (χ0) is 18.1. The number of methoxy groups -OCH3 is 2. The number of H-pyrrole nitrogens is 1. The van der Waals surface area contributed by atoms with Crippen LogP contribution in [0.2, 0.25) is 0 Å². The molecule has 3 N–H and O–H groups in total. The Morgan fingerprint density at radius 1 is 1.28 bits per heavy atom. The van der Waals surface area contributed by atoms with Crippen LogP contribution in [0, 0.1) is 0 Å². The number of nitrogens with two attached hydrogens (primary N) is 1. The number of amides is 1. The molecule has 2 heterocycles. The highest BCUT2D eigenvalue weighted by Gasteiger charge is 2.22. The Labute approximate surface area is 142 Å². The van der Waals surface area contributed by atoms with Gasteiger partial charge in [0.2, 0.25) is 0 Å². The molecule has 0 aliphatic rings. The third-order valence-corrected chi connectivity index (χ3v) is 3.76. The van der Waals surface area contributed by atoms with Crippen molar-refractivity contribution < 1.29 is 14.3 Å². The van der Waals surface area contributed by atoms with Crippen molar-refractivity contribution in [1.29, 1.82) is 0 Å². The van der Waals surface area contributed by atoms with Crippen LogP contribution in [0.1, 0.15) is 23.2 Å². The molecule has 0 spiro atoms. The first-order valence-electron chi connectivity index (χ1n) is 7.54. The van der Waals surface area contributed by atoms with Gasteiger partial charge in [0.05, 0.1) is 19.9 Å². The lowest BCUT2D eigenvalue weighted by Crippen LogP contribution is -2.16. The van der Waals surface area contributed by atoms with Crippen molar-refractivity contribution in [3.63, 3.8) is 0 Å². The van der Waals surface area contributed by atoms with Crippen molar-refractivity contribution >= 4 is 17.1 Å². The Hall–Kier alpha value is -3.36. The minimum Gasteiger partial charge on any atom is -0.493 e. The van der Waals surface area contributed by atoms with E-state index in [1.807, 2.05) is 6.92 Å². The summed E-state index contributed by atoms with van der Waals surface area (Å²) in [6.45, 7) is 1.84. The molecular weight excluding hydrogens is 326 g/mol. The van der Waals surface area contributed by atoms with Gasteiger partial charge in [-0.3, -0.25) is 4.79 Å².